The molecule has 162 valence electrons. The molecule has 2 N–H and O–H groups in total. The lowest BCUT2D eigenvalue weighted by atomic mass is 9.84. The summed E-state index contributed by atoms with van der Waals surface area (Å²) in [6.07, 6.45) is 0. The zero-order chi connectivity index (χ0) is 20.7. The van der Waals surface area contributed by atoms with Gasteiger partial charge in [0.1, 0.15) is 13.2 Å². The van der Waals surface area contributed by atoms with Crippen molar-refractivity contribution in [1.82, 2.24) is 15.5 Å². The highest BCUT2D eigenvalue weighted by atomic mass is 16.6. The Morgan fingerprint density at radius 1 is 1.10 bits per heavy atom. The molecule has 1 saturated heterocycles. The normalized spacial score (nSPS) is 19.0. The molecule has 0 amide bonds. The van der Waals surface area contributed by atoms with Gasteiger partial charge in [0.05, 0.1) is 19.8 Å². The molecule has 1 aromatic carbocycles. The molecule has 0 saturated carbocycles. The number of aliphatic imine (C=N–C) groups is 1. The molecule has 2 aliphatic rings. The van der Waals surface area contributed by atoms with Crippen LogP contribution in [0.4, 0.5) is 0 Å². The van der Waals surface area contributed by atoms with E-state index in [1.165, 1.54) is 5.56 Å². The van der Waals surface area contributed by atoms with E-state index in [1.54, 1.807) is 0 Å². The molecule has 1 atom stereocenters. The van der Waals surface area contributed by atoms with Crippen LogP contribution in [0.2, 0.25) is 0 Å². The summed E-state index contributed by atoms with van der Waals surface area (Å²) in [5, 5.41) is 6.87. The Morgan fingerprint density at radius 3 is 2.55 bits per heavy atom. The molecular formula is C22H36N4O3. The highest BCUT2D eigenvalue weighted by molar-refractivity contribution is 5.79. The van der Waals surface area contributed by atoms with Crippen molar-refractivity contribution >= 4 is 5.96 Å². The minimum Gasteiger partial charge on any atom is -0.486 e. The molecule has 1 unspecified atom stereocenters. The Hall–Kier alpha value is -1.99. The van der Waals surface area contributed by atoms with Crippen LogP contribution in [0.15, 0.2) is 23.2 Å². The third kappa shape index (κ3) is 6.00. The molecule has 2 heterocycles. The van der Waals surface area contributed by atoms with Crippen molar-refractivity contribution in [3.05, 3.63) is 23.8 Å². The maximum absolute atomic E-state index is 5.75. The van der Waals surface area contributed by atoms with Gasteiger partial charge >= 0.3 is 0 Å². The molecule has 0 radical (unpaired) electrons. The van der Waals surface area contributed by atoms with Crippen LogP contribution in [0.1, 0.15) is 33.3 Å². The molecule has 1 fully saturated rings. The van der Waals surface area contributed by atoms with E-state index >= 15 is 0 Å². The number of nitrogens with one attached hydrogen (secondary N) is 2. The first-order chi connectivity index (χ1) is 14.0. The lowest BCUT2D eigenvalue weighted by Crippen LogP contribution is -2.49. The molecule has 7 heteroatoms. The van der Waals surface area contributed by atoms with Gasteiger partial charge in [0.25, 0.3) is 0 Å². The van der Waals surface area contributed by atoms with Gasteiger partial charge in [-0.1, -0.05) is 19.9 Å². The van der Waals surface area contributed by atoms with Crippen molar-refractivity contribution in [2.24, 2.45) is 4.99 Å². The van der Waals surface area contributed by atoms with Crippen LogP contribution < -0.4 is 20.1 Å². The largest absolute Gasteiger partial charge is 0.486 e. The number of guanidine groups is 1. The van der Waals surface area contributed by atoms with Crippen LogP contribution in [-0.4, -0.2) is 76.1 Å². The van der Waals surface area contributed by atoms with E-state index in [0.717, 1.165) is 56.9 Å². The number of benzene rings is 1. The summed E-state index contributed by atoms with van der Waals surface area (Å²) < 4.78 is 16.8. The fourth-order valence-corrected chi connectivity index (χ4v) is 3.57. The minimum absolute atomic E-state index is 0.117. The third-order valence-corrected chi connectivity index (χ3v) is 5.53. The Balaban J connectivity index is 1.60. The Morgan fingerprint density at radius 2 is 1.83 bits per heavy atom. The predicted molar refractivity (Wildman–Crippen MR) is 116 cm³/mol. The fourth-order valence-electron chi connectivity index (χ4n) is 3.57. The number of hydrogen-bond acceptors (Lipinski definition) is 5. The van der Waals surface area contributed by atoms with Gasteiger partial charge in [-0.2, -0.15) is 0 Å². The Bertz CT molecular complexity index is 687. The molecule has 0 aromatic heterocycles. The van der Waals surface area contributed by atoms with Crippen LogP contribution in [0.3, 0.4) is 0 Å². The van der Waals surface area contributed by atoms with Gasteiger partial charge in [-0.05, 0) is 31.5 Å². The minimum atomic E-state index is -0.117. The van der Waals surface area contributed by atoms with Crippen LogP contribution in [0.5, 0.6) is 11.5 Å². The summed E-state index contributed by atoms with van der Waals surface area (Å²) in [4.78, 5) is 7.33. The van der Waals surface area contributed by atoms with Gasteiger partial charge in [-0.25, -0.2) is 0 Å². The number of ether oxygens (including phenoxy) is 3. The fraction of sp³-hybridized carbons (Fsp3) is 0.682. The SMILES string of the molecule is CCNC(=NCC(C)(C)c1ccc2c(c1)OCCO2)NCC(C)N1CCOCC1. The molecule has 7 nitrogen and oxygen atoms in total. The summed E-state index contributed by atoms with van der Waals surface area (Å²) in [7, 11) is 0. The van der Waals surface area contributed by atoms with Crippen molar-refractivity contribution in [2.75, 3.05) is 59.2 Å². The van der Waals surface area contributed by atoms with E-state index in [2.05, 4.69) is 55.4 Å². The molecule has 1 aromatic rings. The lowest BCUT2D eigenvalue weighted by Gasteiger charge is -2.32. The number of rotatable bonds is 7. The van der Waals surface area contributed by atoms with Crippen LogP contribution in [0.25, 0.3) is 0 Å². The van der Waals surface area contributed by atoms with E-state index in [0.29, 0.717) is 25.8 Å². The summed E-state index contributed by atoms with van der Waals surface area (Å²) in [6, 6.07) is 6.64. The first-order valence-corrected chi connectivity index (χ1v) is 10.7. The third-order valence-electron chi connectivity index (χ3n) is 5.53. The van der Waals surface area contributed by atoms with Crippen molar-refractivity contribution in [1.29, 1.82) is 0 Å². The molecule has 29 heavy (non-hydrogen) atoms. The molecule has 3 rings (SSSR count). The summed E-state index contributed by atoms with van der Waals surface area (Å²) >= 11 is 0. The average Bonchev–Trinajstić information content (AvgIpc) is 2.75. The second-order valence-electron chi connectivity index (χ2n) is 8.32. The van der Waals surface area contributed by atoms with Crippen LogP contribution >= 0.6 is 0 Å². The van der Waals surface area contributed by atoms with E-state index in [-0.39, 0.29) is 5.41 Å². The lowest BCUT2D eigenvalue weighted by molar-refractivity contribution is 0.0211. The quantitative estimate of drug-likeness (QED) is 0.535. The topological polar surface area (TPSA) is 67.4 Å². The van der Waals surface area contributed by atoms with E-state index in [4.69, 9.17) is 19.2 Å². The second kappa shape index (κ2) is 10.2. The standard InChI is InChI=1S/C22H36N4O3/c1-5-23-21(24-15-17(2)26-8-10-27-11-9-26)25-16-22(3,4)18-6-7-19-20(14-18)29-13-12-28-19/h6-7,14,17H,5,8-13,15-16H2,1-4H3,(H2,23,24,25). The van der Waals surface area contributed by atoms with Gasteiger partial charge in [0.2, 0.25) is 0 Å². The first-order valence-electron chi connectivity index (χ1n) is 10.7. The summed E-state index contributed by atoms with van der Waals surface area (Å²) in [5.41, 5.74) is 1.08. The average molecular weight is 405 g/mol. The maximum atomic E-state index is 5.75. The highest BCUT2D eigenvalue weighted by Crippen LogP contribution is 2.35. The maximum Gasteiger partial charge on any atom is 0.191 e. The van der Waals surface area contributed by atoms with Crippen molar-refractivity contribution in [2.45, 2.75) is 39.2 Å². The van der Waals surface area contributed by atoms with E-state index < -0.39 is 0 Å². The van der Waals surface area contributed by atoms with Crippen molar-refractivity contribution in [3.63, 3.8) is 0 Å². The van der Waals surface area contributed by atoms with E-state index in [1.807, 2.05) is 6.07 Å². The summed E-state index contributed by atoms with van der Waals surface area (Å²) in [5.74, 6) is 2.51. The molecule has 0 bridgehead atoms. The van der Waals surface area contributed by atoms with Gasteiger partial charge in [0, 0.05) is 37.6 Å². The molecule has 0 spiro atoms. The van der Waals surface area contributed by atoms with Crippen molar-refractivity contribution < 1.29 is 14.2 Å². The number of morpholine rings is 1. The number of nitrogens with zero attached hydrogens (tertiary/aromatic N) is 2. The smallest absolute Gasteiger partial charge is 0.191 e. The van der Waals surface area contributed by atoms with Crippen LogP contribution in [-0.2, 0) is 10.2 Å². The zero-order valence-corrected chi connectivity index (χ0v) is 18.3. The predicted octanol–water partition coefficient (Wildman–Crippen LogP) is 2.01. The molecule has 0 aliphatic carbocycles. The Kier molecular flexibility index (Phi) is 7.61. The van der Waals surface area contributed by atoms with Gasteiger partial charge in [-0.3, -0.25) is 9.89 Å². The second-order valence-corrected chi connectivity index (χ2v) is 8.32. The first kappa shape index (κ1) is 21.7. The summed E-state index contributed by atoms with van der Waals surface area (Å²) in [6.45, 7) is 16.0. The van der Waals surface area contributed by atoms with Gasteiger partial charge in [0.15, 0.2) is 17.5 Å². The number of fused-ring (bicyclic) bond motifs is 1. The van der Waals surface area contributed by atoms with E-state index in [9.17, 15) is 0 Å². The van der Waals surface area contributed by atoms with Gasteiger partial charge < -0.3 is 24.8 Å². The van der Waals surface area contributed by atoms with Gasteiger partial charge in [-0.15, -0.1) is 0 Å². The highest BCUT2D eigenvalue weighted by Gasteiger charge is 2.24. The number of hydrogen-bond donors (Lipinski definition) is 2. The Labute approximate surface area is 174 Å². The molecule has 2 aliphatic heterocycles. The molecular weight excluding hydrogens is 368 g/mol. The van der Waals surface area contributed by atoms with Crippen molar-refractivity contribution in [3.8, 4) is 11.5 Å². The zero-order valence-electron chi connectivity index (χ0n) is 18.3. The van der Waals surface area contributed by atoms with Crippen LogP contribution in [0, 0.1) is 0 Å². The monoisotopic (exact) mass is 404 g/mol.